The third-order valence-corrected chi connectivity index (χ3v) is 6.86. The lowest BCUT2D eigenvalue weighted by Crippen LogP contribution is -2.35. The first-order valence-corrected chi connectivity index (χ1v) is 10.5. The Kier molecular flexibility index (Phi) is 4.54. The van der Waals surface area contributed by atoms with Gasteiger partial charge in [0.15, 0.2) is 0 Å². The molecule has 2 aliphatic carbocycles. The maximum Gasteiger partial charge on any atom is 0.310 e. The summed E-state index contributed by atoms with van der Waals surface area (Å²) in [6, 6.07) is 12.1. The van der Waals surface area contributed by atoms with E-state index >= 15 is 0 Å². The highest BCUT2D eigenvalue weighted by Crippen LogP contribution is 2.57. The van der Waals surface area contributed by atoms with Crippen LogP contribution in [0.5, 0.6) is 0 Å². The van der Waals surface area contributed by atoms with E-state index in [1.54, 1.807) is 36.4 Å². The van der Waals surface area contributed by atoms with Crippen LogP contribution in [0.4, 0.5) is 11.4 Å². The van der Waals surface area contributed by atoms with Crippen LogP contribution in [-0.2, 0) is 14.3 Å². The Bertz CT molecular complexity index is 1070. The van der Waals surface area contributed by atoms with E-state index in [1.165, 1.54) is 0 Å². The van der Waals surface area contributed by atoms with Gasteiger partial charge in [-0.1, -0.05) is 23.7 Å². The highest BCUT2D eigenvalue weighted by molar-refractivity contribution is 6.31. The average molecular weight is 425 g/mol. The summed E-state index contributed by atoms with van der Waals surface area (Å²) in [7, 11) is 0. The molecular formula is C23H21ClN2O4. The van der Waals surface area contributed by atoms with E-state index < -0.39 is 0 Å². The number of carbonyl (C=O) groups excluding carboxylic acids is 3. The summed E-state index contributed by atoms with van der Waals surface area (Å²) < 4.78 is 5.41. The first-order chi connectivity index (χ1) is 14.4. The van der Waals surface area contributed by atoms with Crippen molar-refractivity contribution in [3.05, 3.63) is 58.6 Å². The van der Waals surface area contributed by atoms with E-state index in [0.29, 0.717) is 22.0 Å². The van der Waals surface area contributed by atoms with Crippen molar-refractivity contribution in [1.82, 2.24) is 0 Å². The van der Waals surface area contributed by atoms with E-state index in [9.17, 15) is 14.4 Å². The zero-order valence-corrected chi connectivity index (χ0v) is 17.1. The summed E-state index contributed by atoms with van der Waals surface area (Å²) in [6.45, 7) is 1.89. The van der Waals surface area contributed by atoms with Gasteiger partial charge in [-0.05, 0) is 61.6 Å². The Morgan fingerprint density at radius 1 is 1.10 bits per heavy atom. The van der Waals surface area contributed by atoms with Crippen LogP contribution in [0.1, 0.15) is 28.8 Å². The quantitative estimate of drug-likeness (QED) is 0.725. The molecule has 2 saturated carbocycles. The predicted octanol–water partition coefficient (Wildman–Crippen LogP) is 4.04. The highest BCUT2D eigenvalue weighted by atomic mass is 35.5. The van der Waals surface area contributed by atoms with Crippen molar-refractivity contribution < 1.29 is 19.1 Å². The van der Waals surface area contributed by atoms with E-state index in [2.05, 4.69) is 10.6 Å². The van der Waals surface area contributed by atoms with E-state index in [4.69, 9.17) is 16.3 Å². The average Bonchev–Trinajstić information content (AvgIpc) is 3.33. The third kappa shape index (κ3) is 3.16. The van der Waals surface area contributed by atoms with Gasteiger partial charge in [0.05, 0.1) is 11.8 Å². The van der Waals surface area contributed by atoms with Crippen molar-refractivity contribution in [2.24, 2.45) is 23.7 Å². The summed E-state index contributed by atoms with van der Waals surface area (Å²) in [6.07, 6.45) is 1.64. The molecule has 6 nitrogen and oxygen atoms in total. The molecule has 3 aliphatic rings. The molecule has 5 rings (SSSR count). The minimum atomic E-state index is -0.354. The van der Waals surface area contributed by atoms with Crippen molar-refractivity contribution in [3.63, 3.8) is 0 Å². The van der Waals surface area contributed by atoms with Crippen LogP contribution in [0, 0.1) is 30.6 Å². The summed E-state index contributed by atoms with van der Waals surface area (Å²) in [5, 5.41) is 6.30. The number of ether oxygens (including phenoxy) is 1. The minimum absolute atomic E-state index is 0.00137. The molecular weight excluding hydrogens is 404 g/mol. The number of carbonyl (C=O) groups is 3. The number of rotatable bonds is 4. The van der Waals surface area contributed by atoms with Gasteiger partial charge in [-0.15, -0.1) is 0 Å². The normalized spacial score (nSPS) is 28.3. The number of hydrogen-bond donors (Lipinski definition) is 2. The van der Waals surface area contributed by atoms with Gasteiger partial charge in [0.2, 0.25) is 5.91 Å². The molecule has 0 unspecified atom stereocenters. The van der Waals surface area contributed by atoms with Crippen LogP contribution < -0.4 is 10.6 Å². The lowest BCUT2D eigenvalue weighted by Gasteiger charge is -2.23. The Balaban J connectivity index is 1.30. The lowest BCUT2D eigenvalue weighted by molar-refractivity contribution is -0.145. The number of esters is 1. The molecule has 2 aromatic carbocycles. The standard InChI is InChI=1S/C23H21ClN2O4/c1-11-5-6-14(24)10-17(11)26-21(27)12-3-2-4-15(7-12)25-22(28)19-13-8-16-18(9-13)30-23(29)20(16)19/h2-7,10,13,16,18-20H,8-9H2,1H3,(H,25,28)(H,26,27)/t13-,16+,18+,19-,20+/m1/s1. The minimum Gasteiger partial charge on any atom is -0.462 e. The fourth-order valence-electron chi connectivity index (χ4n) is 5.25. The largest absolute Gasteiger partial charge is 0.462 e. The molecule has 2 aromatic rings. The molecule has 1 aliphatic heterocycles. The molecule has 30 heavy (non-hydrogen) atoms. The summed E-state index contributed by atoms with van der Waals surface area (Å²) in [5.74, 6) is -1.02. The van der Waals surface area contributed by atoms with Crippen LogP contribution in [0.2, 0.25) is 5.02 Å². The number of halogens is 1. The fraction of sp³-hybridized carbons (Fsp3) is 0.348. The fourth-order valence-corrected chi connectivity index (χ4v) is 5.42. The number of benzene rings is 2. The van der Waals surface area contributed by atoms with Crippen molar-refractivity contribution in [1.29, 1.82) is 0 Å². The lowest BCUT2D eigenvalue weighted by atomic mass is 9.79. The Morgan fingerprint density at radius 2 is 1.93 bits per heavy atom. The van der Waals surface area contributed by atoms with Gasteiger partial charge in [-0.3, -0.25) is 14.4 Å². The van der Waals surface area contributed by atoms with Crippen molar-refractivity contribution >= 4 is 40.8 Å². The van der Waals surface area contributed by atoms with Crippen molar-refractivity contribution in [2.75, 3.05) is 10.6 Å². The van der Waals surface area contributed by atoms with Crippen LogP contribution in [-0.4, -0.2) is 23.9 Å². The summed E-state index contributed by atoms with van der Waals surface area (Å²) in [4.78, 5) is 37.8. The van der Waals surface area contributed by atoms with Crippen LogP contribution in [0.25, 0.3) is 0 Å². The number of amides is 2. The van der Waals surface area contributed by atoms with Gasteiger partial charge >= 0.3 is 5.97 Å². The number of anilines is 2. The maximum atomic E-state index is 13.0. The Morgan fingerprint density at radius 3 is 2.77 bits per heavy atom. The number of aryl methyl sites for hydroxylation is 1. The zero-order chi connectivity index (χ0) is 21.0. The smallest absolute Gasteiger partial charge is 0.310 e. The summed E-state index contributed by atoms with van der Waals surface area (Å²) in [5.41, 5.74) is 2.48. The first kappa shape index (κ1) is 19.1. The van der Waals surface area contributed by atoms with Gasteiger partial charge in [-0.25, -0.2) is 0 Å². The molecule has 154 valence electrons. The van der Waals surface area contributed by atoms with Gasteiger partial charge in [0, 0.05) is 27.9 Å². The predicted molar refractivity (Wildman–Crippen MR) is 112 cm³/mol. The molecule has 0 spiro atoms. The molecule has 5 atom stereocenters. The molecule has 1 saturated heterocycles. The maximum absolute atomic E-state index is 13.0. The second kappa shape index (κ2) is 7.13. The second-order valence-electron chi connectivity index (χ2n) is 8.41. The van der Waals surface area contributed by atoms with E-state index in [1.807, 2.05) is 13.0 Å². The topological polar surface area (TPSA) is 84.5 Å². The van der Waals surface area contributed by atoms with Crippen LogP contribution in [0.3, 0.4) is 0 Å². The molecule has 2 amide bonds. The van der Waals surface area contributed by atoms with Gasteiger partial charge < -0.3 is 15.4 Å². The van der Waals surface area contributed by atoms with E-state index in [-0.39, 0.29) is 47.6 Å². The van der Waals surface area contributed by atoms with E-state index in [0.717, 1.165) is 18.4 Å². The number of fused-ring (bicyclic) bond motifs is 1. The molecule has 7 heteroatoms. The van der Waals surface area contributed by atoms with Crippen LogP contribution in [0.15, 0.2) is 42.5 Å². The SMILES string of the molecule is Cc1ccc(Cl)cc1NC(=O)c1cccc(NC(=O)[C@@H]2[C@@H]3C[C@@H]4[C@@H]2C(=O)O[C@H]4C3)c1. The highest BCUT2D eigenvalue weighted by Gasteiger charge is 2.63. The van der Waals surface area contributed by atoms with Crippen LogP contribution >= 0.6 is 11.6 Å². The molecule has 0 aromatic heterocycles. The van der Waals surface area contributed by atoms with Gasteiger partial charge in [-0.2, -0.15) is 0 Å². The third-order valence-electron chi connectivity index (χ3n) is 6.63. The Hall–Kier alpha value is -2.86. The van der Waals surface area contributed by atoms with Gasteiger partial charge in [0.1, 0.15) is 6.10 Å². The molecule has 2 bridgehead atoms. The number of nitrogens with one attached hydrogen (secondary N) is 2. The molecule has 3 fully saturated rings. The zero-order valence-electron chi connectivity index (χ0n) is 16.4. The van der Waals surface area contributed by atoms with Gasteiger partial charge in [0.25, 0.3) is 5.91 Å². The van der Waals surface area contributed by atoms with Crippen molar-refractivity contribution in [2.45, 2.75) is 25.9 Å². The molecule has 2 N–H and O–H groups in total. The second-order valence-corrected chi connectivity index (χ2v) is 8.84. The first-order valence-electron chi connectivity index (χ1n) is 10.1. The monoisotopic (exact) mass is 424 g/mol. The molecule has 1 heterocycles. The Labute approximate surface area is 178 Å². The molecule has 0 radical (unpaired) electrons. The van der Waals surface area contributed by atoms with Crippen molar-refractivity contribution in [3.8, 4) is 0 Å². The summed E-state index contributed by atoms with van der Waals surface area (Å²) >= 11 is 6.02. The number of hydrogen-bond acceptors (Lipinski definition) is 4.